The topological polar surface area (TPSA) is 86.7 Å². The van der Waals surface area contributed by atoms with Gasteiger partial charge in [-0.1, -0.05) is 0 Å². The van der Waals surface area contributed by atoms with Crippen molar-refractivity contribution in [2.75, 3.05) is 0 Å². The van der Waals surface area contributed by atoms with Gasteiger partial charge in [0.05, 0.1) is 0 Å². The second kappa shape index (κ2) is 7.36. The first-order chi connectivity index (χ1) is 10.7. The zero-order valence-electron chi connectivity index (χ0n) is 12.3. The van der Waals surface area contributed by atoms with Gasteiger partial charge >= 0.3 is 149 Å². The van der Waals surface area contributed by atoms with Gasteiger partial charge in [-0.2, -0.15) is 0 Å². The minimum atomic E-state index is -4.00. The Morgan fingerprint density at radius 1 is 0.652 bits per heavy atom. The van der Waals surface area contributed by atoms with Crippen LogP contribution < -0.4 is 0 Å². The minimum absolute atomic E-state index is 0.0248. The van der Waals surface area contributed by atoms with Crippen LogP contribution in [0, 0.1) is 13.8 Å². The van der Waals surface area contributed by atoms with Crippen LogP contribution in [0.3, 0.4) is 0 Å². The first-order valence-electron chi connectivity index (χ1n) is 6.42. The number of hydrogen-bond acceptors (Lipinski definition) is 6. The molecule has 0 saturated carbocycles. The molecule has 23 heavy (non-hydrogen) atoms. The molecule has 0 unspecified atom stereocenters. The molecule has 6 nitrogen and oxygen atoms in total. The Hall–Kier alpha value is -0.857. The van der Waals surface area contributed by atoms with Gasteiger partial charge in [-0.3, -0.25) is 0 Å². The summed E-state index contributed by atoms with van der Waals surface area (Å²) in [6, 6.07) is 12.1. The maximum absolute atomic E-state index is 12.0. The van der Waals surface area contributed by atoms with Crippen LogP contribution in [0.25, 0.3) is 0 Å². The van der Waals surface area contributed by atoms with Crippen molar-refractivity contribution < 1.29 is 21.4 Å². The van der Waals surface area contributed by atoms with E-state index in [4.69, 9.17) is 4.52 Å². The third-order valence-corrected chi connectivity index (χ3v) is 11.1. The summed E-state index contributed by atoms with van der Waals surface area (Å²) in [7, 11) is -8.00. The van der Waals surface area contributed by atoms with E-state index in [0.717, 1.165) is 11.1 Å². The third-order valence-electron chi connectivity index (χ3n) is 2.88. The van der Waals surface area contributed by atoms with E-state index in [1.54, 1.807) is 24.3 Å². The summed E-state index contributed by atoms with van der Waals surface area (Å²) in [5.74, 6) is 0. The first kappa shape index (κ1) is 18.5. The summed E-state index contributed by atoms with van der Waals surface area (Å²) >= 11 is -2.69. The van der Waals surface area contributed by atoms with E-state index in [1.165, 1.54) is 24.3 Å². The van der Waals surface area contributed by atoms with Crippen LogP contribution >= 0.6 is 0 Å². The molecule has 0 heterocycles. The fraction of sp³-hybridized carbons (Fsp3) is 0.143. The Kier molecular flexibility index (Phi) is 5.91. The zero-order chi connectivity index (χ0) is 17.1. The number of benzene rings is 2. The Bertz CT molecular complexity index is 796. The molecule has 0 N–H and O–H groups in total. The van der Waals surface area contributed by atoms with Crippen molar-refractivity contribution >= 4 is 44.4 Å². The molecule has 2 aromatic carbocycles. The summed E-state index contributed by atoms with van der Waals surface area (Å²) in [5.41, 5.74) is 1.81. The number of rotatable bonds is 6. The van der Waals surface area contributed by atoms with Gasteiger partial charge in [-0.05, 0) is 0 Å². The van der Waals surface area contributed by atoms with Crippen molar-refractivity contribution in [3.05, 3.63) is 59.7 Å². The molecule has 0 saturated heterocycles. The molecule has 9 heteroatoms. The van der Waals surface area contributed by atoms with Crippen molar-refractivity contribution in [3.8, 4) is 0 Å². The Morgan fingerprint density at radius 3 is 1.26 bits per heavy atom. The summed E-state index contributed by atoms with van der Waals surface area (Å²) < 4.78 is 57.4. The van der Waals surface area contributed by atoms with Crippen LogP contribution in [0.1, 0.15) is 11.1 Å². The molecule has 1 radical (unpaired) electrons. The van der Waals surface area contributed by atoms with E-state index >= 15 is 0 Å². The van der Waals surface area contributed by atoms with Gasteiger partial charge in [-0.15, -0.1) is 0 Å². The average molecular weight is 551 g/mol. The molecule has 2 rings (SSSR count). The molecular weight excluding hydrogens is 537 g/mol. The summed E-state index contributed by atoms with van der Waals surface area (Å²) in [4.78, 5) is -0.0497. The Balaban J connectivity index is 2.03. The van der Waals surface area contributed by atoms with Gasteiger partial charge in [0.1, 0.15) is 0 Å². The van der Waals surface area contributed by atoms with E-state index in [9.17, 15) is 16.8 Å². The molecule has 2 aromatic rings. The molecule has 0 atom stereocenters. The zero-order valence-corrected chi connectivity index (χ0v) is 17.4. The molecule has 0 aliphatic rings. The van der Waals surface area contributed by atoms with Gasteiger partial charge in [0.15, 0.2) is 0 Å². The van der Waals surface area contributed by atoms with Crippen molar-refractivity contribution in [2.24, 2.45) is 0 Å². The number of hydrogen-bond donors (Lipinski definition) is 0. The van der Waals surface area contributed by atoms with Crippen LogP contribution in [0.5, 0.6) is 0 Å². The van der Waals surface area contributed by atoms with E-state index in [-0.39, 0.29) is 9.79 Å². The fourth-order valence-electron chi connectivity index (χ4n) is 1.59. The predicted molar refractivity (Wildman–Crippen MR) is 84.7 cm³/mol. The molecule has 0 spiro atoms. The molecule has 0 fully saturated rings. The quantitative estimate of drug-likeness (QED) is 0.511. The second-order valence-corrected chi connectivity index (χ2v) is 11.9. The molecule has 0 amide bonds. The Labute approximate surface area is 148 Å². The van der Waals surface area contributed by atoms with Gasteiger partial charge in [0, 0.05) is 0 Å². The standard InChI is InChI=1S/2C7H8O3S.Bi/c2*1-6-2-4-7(5-3-6)11(8,9)10;/h2*2-5H,1H3,(H,8,9,10);/q;;+2/p-2. The van der Waals surface area contributed by atoms with Crippen LogP contribution in [0.2, 0.25) is 0 Å². The predicted octanol–water partition coefficient (Wildman–Crippen LogP) is 1.95. The fourth-order valence-corrected chi connectivity index (χ4v) is 7.70. The van der Waals surface area contributed by atoms with E-state index in [0.29, 0.717) is 0 Å². The molecule has 0 aromatic heterocycles. The van der Waals surface area contributed by atoms with Gasteiger partial charge in [0.25, 0.3) is 0 Å². The van der Waals surface area contributed by atoms with Crippen LogP contribution in [-0.4, -0.2) is 41.0 Å². The van der Waals surface area contributed by atoms with Gasteiger partial charge in [-0.25, -0.2) is 0 Å². The van der Waals surface area contributed by atoms with Crippen LogP contribution in [0.4, 0.5) is 0 Å². The molecule has 0 aliphatic carbocycles. The van der Waals surface area contributed by atoms with Gasteiger partial charge < -0.3 is 0 Å². The number of aryl methyl sites for hydroxylation is 2. The van der Waals surface area contributed by atoms with Crippen LogP contribution in [0.15, 0.2) is 58.3 Å². The summed E-state index contributed by atoms with van der Waals surface area (Å²) in [6.45, 7) is 3.65. The molecule has 0 aliphatic heterocycles. The van der Waals surface area contributed by atoms with Crippen molar-refractivity contribution in [1.82, 2.24) is 0 Å². The van der Waals surface area contributed by atoms with E-state index < -0.39 is 44.4 Å². The van der Waals surface area contributed by atoms with E-state index in [1.807, 2.05) is 13.8 Å². The SMILES string of the molecule is Cc1ccc(S(=O)(=O)[O][Bi][O]S(=O)(=O)c2ccc(C)cc2)cc1. The molecule has 123 valence electrons. The summed E-state index contributed by atoms with van der Waals surface area (Å²) in [6.07, 6.45) is 0. The van der Waals surface area contributed by atoms with Gasteiger partial charge in [0.2, 0.25) is 0 Å². The normalized spacial score (nSPS) is 12.3. The molecule has 0 bridgehead atoms. The van der Waals surface area contributed by atoms with Crippen LogP contribution in [-0.2, 0) is 24.8 Å². The maximum atomic E-state index is 12.0. The second-order valence-electron chi connectivity index (χ2n) is 4.76. The third kappa shape index (κ3) is 5.06. The summed E-state index contributed by atoms with van der Waals surface area (Å²) in [5, 5.41) is 0. The van der Waals surface area contributed by atoms with Crippen molar-refractivity contribution in [1.29, 1.82) is 0 Å². The first-order valence-corrected chi connectivity index (χ1v) is 12.1. The molecular formula is C14H14BiO6S2. The Morgan fingerprint density at radius 2 is 0.957 bits per heavy atom. The van der Waals surface area contributed by atoms with E-state index in [2.05, 4.69) is 0 Å². The monoisotopic (exact) mass is 551 g/mol. The average Bonchev–Trinajstić information content (AvgIpc) is 2.47. The van der Waals surface area contributed by atoms with Crippen molar-refractivity contribution in [2.45, 2.75) is 23.6 Å². The van der Waals surface area contributed by atoms with Crippen molar-refractivity contribution in [3.63, 3.8) is 0 Å².